The van der Waals surface area contributed by atoms with Crippen LogP contribution in [-0.2, 0) is 6.54 Å². The monoisotopic (exact) mass is 290 g/mol. The first kappa shape index (κ1) is 14.5. The number of hydrogen-bond donors (Lipinski definition) is 1. The quantitative estimate of drug-likeness (QED) is 0.920. The Morgan fingerprint density at radius 3 is 2.60 bits per heavy atom. The lowest BCUT2D eigenvalue weighted by Crippen LogP contribution is -2.23. The molecule has 2 aromatic rings. The van der Waals surface area contributed by atoms with Crippen molar-refractivity contribution >= 4 is 17.2 Å². The van der Waals surface area contributed by atoms with Crippen molar-refractivity contribution in [3.05, 3.63) is 45.9 Å². The number of carbonyl (C=O) groups is 1. The summed E-state index contributed by atoms with van der Waals surface area (Å²) in [6.07, 6.45) is 0. The standard InChI is InChI=1S/C15H18N2O2S/c1-10(2)15-17-13(9-20-15)14(18)16-8-11-4-6-12(19-3)7-5-11/h4-7,9-10H,8H2,1-3H3,(H,16,18). The number of amides is 1. The molecule has 0 radical (unpaired) electrons. The second-order valence-electron chi connectivity index (χ2n) is 4.76. The van der Waals surface area contributed by atoms with Gasteiger partial charge < -0.3 is 10.1 Å². The molecule has 4 nitrogen and oxygen atoms in total. The highest BCUT2D eigenvalue weighted by molar-refractivity contribution is 7.09. The van der Waals surface area contributed by atoms with E-state index in [1.54, 1.807) is 12.5 Å². The molecule has 0 saturated carbocycles. The Labute approximate surface area is 122 Å². The average molecular weight is 290 g/mol. The fourth-order valence-corrected chi connectivity index (χ4v) is 2.49. The summed E-state index contributed by atoms with van der Waals surface area (Å²) in [7, 11) is 1.63. The number of ether oxygens (including phenoxy) is 1. The van der Waals surface area contributed by atoms with Crippen LogP contribution < -0.4 is 10.1 Å². The molecule has 0 aliphatic heterocycles. The van der Waals surface area contributed by atoms with Gasteiger partial charge in [0.2, 0.25) is 0 Å². The Morgan fingerprint density at radius 2 is 2.05 bits per heavy atom. The highest BCUT2D eigenvalue weighted by atomic mass is 32.1. The lowest BCUT2D eigenvalue weighted by molar-refractivity contribution is 0.0946. The highest BCUT2D eigenvalue weighted by Gasteiger charge is 2.12. The summed E-state index contributed by atoms with van der Waals surface area (Å²) in [6.45, 7) is 4.62. The van der Waals surface area contributed by atoms with E-state index in [9.17, 15) is 4.79 Å². The van der Waals surface area contributed by atoms with Gasteiger partial charge in [-0.3, -0.25) is 4.79 Å². The third-order valence-electron chi connectivity index (χ3n) is 2.86. The van der Waals surface area contributed by atoms with E-state index in [0.29, 0.717) is 18.2 Å². The van der Waals surface area contributed by atoms with Crippen LogP contribution in [0.25, 0.3) is 0 Å². The molecule has 1 amide bonds. The molecular formula is C15H18N2O2S. The van der Waals surface area contributed by atoms with Gasteiger partial charge in [0, 0.05) is 17.8 Å². The number of nitrogens with zero attached hydrogens (tertiary/aromatic N) is 1. The SMILES string of the molecule is COc1ccc(CNC(=O)c2csc(C(C)C)n2)cc1. The molecule has 0 atom stereocenters. The van der Waals surface area contributed by atoms with Gasteiger partial charge >= 0.3 is 0 Å². The van der Waals surface area contributed by atoms with E-state index in [2.05, 4.69) is 24.1 Å². The van der Waals surface area contributed by atoms with E-state index < -0.39 is 0 Å². The van der Waals surface area contributed by atoms with E-state index in [1.807, 2.05) is 24.3 Å². The summed E-state index contributed by atoms with van der Waals surface area (Å²) in [5.41, 5.74) is 1.52. The van der Waals surface area contributed by atoms with Crippen LogP contribution in [0.15, 0.2) is 29.6 Å². The van der Waals surface area contributed by atoms with E-state index in [4.69, 9.17) is 4.74 Å². The van der Waals surface area contributed by atoms with Gasteiger partial charge in [0.05, 0.1) is 12.1 Å². The number of thiazole rings is 1. The topological polar surface area (TPSA) is 51.2 Å². The number of aromatic nitrogens is 1. The second kappa shape index (κ2) is 6.52. The van der Waals surface area contributed by atoms with E-state index in [-0.39, 0.29) is 5.91 Å². The smallest absolute Gasteiger partial charge is 0.271 e. The summed E-state index contributed by atoms with van der Waals surface area (Å²) in [5, 5.41) is 5.66. The molecule has 0 spiro atoms. The Hall–Kier alpha value is -1.88. The van der Waals surface area contributed by atoms with E-state index in [1.165, 1.54) is 11.3 Å². The predicted molar refractivity (Wildman–Crippen MR) is 80.4 cm³/mol. The van der Waals surface area contributed by atoms with Crippen LogP contribution in [0.3, 0.4) is 0 Å². The first-order valence-electron chi connectivity index (χ1n) is 6.46. The maximum Gasteiger partial charge on any atom is 0.271 e. The molecular weight excluding hydrogens is 272 g/mol. The highest BCUT2D eigenvalue weighted by Crippen LogP contribution is 2.19. The third kappa shape index (κ3) is 3.57. The van der Waals surface area contributed by atoms with Crippen molar-refractivity contribution in [1.29, 1.82) is 0 Å². The molecule has 5 heteroatoms. The zero-order valence-corrected chi connectivity index (χ0v) is 12.7. The van der Waals surface area contributed by atoms with Gasteiger partial charge in [-0.25, -0.2) is 4.98 Å². The van der Waals surface area contributed by atoms with Gasteiger partial charge in [-0.1, -0.05) is 26.0 Å². The molecule has 0 aliphatic rings. The Balaban J connectivity index is 1.93. The molecule has 0 fully saturated rings. The first-order chi connectivity index (χ1) is 9.60. The van der Waals surface area contributed by atoms with Crippen molar-refractivity contribution in [3.63, 3.8) is 0 Å². The van der Waals surface area contributed by atoms with Gasteiger partial charge in [0.25, 0.3) is 5.91 Å². The van der Waals surface area contributed by atoms with Gasteiger partial charge in [-0.15, -0.1) is 11.3 Å². The van der Waals surface area contributed by atoms with Crippen LogP contribution in [0.1, 0.15) is 40.8 Å². The largest absolute Gasteiger partial charge is 0.497 e. The number of nitrogens with one attached hydrogen (secondary N) is 1. The van der Waals surface area contributed by atoms with E-state index in [0.717, 1.165) is 16.3 Å². The average Bonchev–Trinajstić information content (AvgIpc) is 2.95. The van der Waals surface area contributed by atoms with E-state index >= 15 is 0 Å². The van der Waals surface area contributed by atoms with Gasteiger partial charge in [0.15, 0.2) is 0 Å². The van der Waals surface area contributed by atoms with Crippen molar-refractivity contribution < 1.29 is 9.53 Å². The summed E-state index contributed by atoms with van der Waals surface area (Å²) in [4.78, 5) is 16.3. The first-order valence-corrected chi connectivity index (χ1v) is 7.34. The van der Waals surface area contributed by atoms with Gasteiger partial charge in [-0.05, 0) is 17.7 Å². The minimum absolute atomic E-state index is 0.135. The van der Waals surface area contributed by atoms with Crippen LogP contribution in [-0.4, -0.2) is 18.0 Å². The van der Waals surface area contributed by atoms with Crippen LogP contribution in [0.5, 0.6) is 5.75 Å². The summed E-state index contributed by atoms with van der Waals surface area (Å²) < 4.78 is 5.09. The van der Waals surface area contributed by atoms with Crippen LogP contribution in [0, 0.1) is 0 Å². The maximum atomic E-state index is 12.0. The lowest BCUT2D eigenvalue weighted by atomic mass is 10.2. The molecule has 2 rings (SSSR count). The minimum Gasteiger partial charge on any atom is -0.497 e. The van der Waals surface area contributed by atoms with Gasteiger partial charge in [-0.2, -0.15) is 0 Å². The molecule has 1 aromatic heterocycles. The summed E-state index contributed by atoms with van der Waals surface area (Å²) >= 11 is 1.52. The molecule has 0 bridgehead atoms. The number of methoxy groups -OCH3 is 1. The van der Waals surface area contributed by atoms with Crippen LogP contribution in [0.2, 0.25) is 0 Å². The number of carbonyl (C=O) groups excluding carboxylic acids is 1. The molecule has 1 aromatic carbocycles. The molecule has 0 aliphatic carbocycles. The van der Waals surface area contributed by atoms with Crippen molar-refractivity contribution in [1.82, 2.24) is 10.3 Å². The fourth-order valence-electron chi connectivity index (χ4n) is 1.67. The van der Waals surface area contributed by atoms with Crippen LogP contribution in [0.4, 0.5) is 0 Å². The third-order valence-corrected chi connectivity index (χ3v) is 4.01. The second-order valence-corrected chi connectivity index (χ2v) is 5.65. The molecule has 0 unspecified atom stereocenters. The summed E-state index contributed by atoms with van der Waals surface area (Å²) in [5.74, 6) is 1.02. The zero-order valence-electron chi connectivity index (χ0n) is 11.8. The number of hydrogen-bond acceptors (Lipinski definition) is 4. The number of rotatable bonds is 5. The number of benzene rings is 1. The summed E-state index contributed by atoms with van der Waals surface area (Å²) in [6, 6.07) is 7.61. The molecule has 0 saturated heterocycles. The molecule has 1 heterocycles. The Bertz CT molecular complexity index is 576. The zero-order chi connectivity index (χ0) is 14.5. The lowest BCUT2D eigenvalue weighted by Gasteiger charge is -2.05. The normalized spacial score (nSPS) is 10.6. The predicted octanol–water partition coefficient (Wildman–Crippen LogP) is 3.21. The Morgan fingerprint density at radius 1 is 1.35 bits per heavy atom. The molecule has 106 valence electrons. The van der Waals surface area contributed by atoms with Gasteiger partial charge in [0.1, 0.15) is 11.4 Å². The maximum absolute atomic E-state index is 12.0. The van der Waals surface area contributed by atoms with Crippen LogP contribution >= 0.6 is 11.3 Å². The van der Waals surface area contributed by atoms with Crippen molar-refractivity contribution in [2.45, 2.75) is 26.3 Å². The Kier molecular flexibility index (Phi) is 4.74. The van der Waals surface area contributed by atoms with Crippen molar-refractivity contribution in [2.75, 3.05) is 7.11 Å². The molecule has 20 heavy (non-hydrogen) atoms. The fraction of sp³-hybridized carbons (Fsp3) is 0.333. The molecule has 1 N–H and O–H groups in total. The van der Waals surface area contributed by atoms with Crippen molar-refractivity contribution in [2.24, 2.45) is 0 Å². The van der Waals surface area contributed by atoms with Crippen molar-refractivity contribution in [3.8, 4) is 5.75 Å². The minimum atomic E-state index is -0.135.